The fraction of sp³-hybridized carbons (Fsp3) is 0.364. The molecule has 0 saturated heterocycles. The molecule has 0 fully saturated rings. The third-order valence-electron chi connectivity index (χ3n) is 2.52. The van der Waals surface area contributed by atoms with Crippen LogP contribution in [0.3, 0.4) is 0 Å². The lowest BCUT2D eigenvalue weighted by Crippen LogP contribution is -2.03. The predicted octanol–water partition coefficient (Wildman–Crippen LogP) is 1.47. The van der Waals surface area contributed by atoms with Crippen LogP contribution in [0.1, 0.15) is 18.3 Å². The summed E-state index contributed by atoms with van der Waals surface area (Å²) in [4.78, 5) is 8.07. The maximum atomic E-state index is 13.3. The molecular weight excluding hydrogens is 221 g/mol. The molecule has 90 valence electrons. The number of aryl methyl sites for hydroxylation is 3. The molecule has 2 N–H and O–H groups in total. The van der Waals surface area contributed by atoms with Gasteiger partial charge in [0.25, 0.3) is 0 Å². The van der Waals surface area contributed by atoms with Crippen molar-refractivity contribution in [3.63, 3.8) is 0 Å². The van der Waals surface area contributed by atoms with Crippen molar-refractivity contribution in [2.24, 2.45) is 7.05 Å². The second-order valence-electron chi connectivity index (χ2n) is 3.85. The van der Waals surface area contributed by atoms with Gasteiger partial charge in [0.1, 0.15) is 0 Å². The third-order valence-corrected chi connectivity index (χ3v) is 2.52. The number of halogens is 1. The molecule has 0 unspecified atom stereocenters. The smallest absolute Gasteiger partial charge is 0.186 e. The minimum absolute atomic E-state index is 0.126. The molecule has 6 heteroatoms. The highest BCUT2D eigenvalue weighted by atomic mass is 19.1. The Kier molecular flexibility index (Phi) is 2.79. The van der Waals surface area contributed by atoms with Crippen LogP contribution in [0.2, 0.25) is 0 Å². The molecule has 2 aromatic rings. The van der Waals surface area contributed by atoms with E-state index in [0.29, 0.717) is 5.82 Å². The van der Waals surface area contributed by atoms with Crippen molar-refractivity contribution in [3.8, 4) is 11.4 Å². The van der Waals surface area contributed by atoms with Gasteiger partial charge in [-0.1, -0.05) is 6.92 Å². The number of nitrogen functional groups attached to an aromatic ring is 1. The molecular formula is C11H14FN5. The Labute approximate surface area is 98.5 Å². The Morgan fingerprint density at radius 2 is 2.12 bits per heavy atom. The summed E-state index contributed by atoms with van der Waals surface area (Å²) in [6.45, 7) is 3.56. The maximum absolute atomic E-state index is 13.3. The summed E-state index contributed by atoms with van der Waals surface area (Å²) in [6.07, 6.45) is 2.57. The summed E-state index contributed by atoms with van der Waals surface area (Å²) < 4.78 is 15.0. The highest BCUT2D eigenvalue weighted by Crippen LogP contribution is 2.22. The van der Waals surface area contributed by atoms with Gasteiger partial charge in [-0.05, 0) is 13.3 Å². The largest absolute Gasteiger partial charge is 0.381 e. The van der Waals surface area contributed by atoms with Crippen molar-refractivity contribution in [2.75, 3.05) is 5.73 Å². The van der Waals surface area contributed by atoms with Gasteiger partial charge < -0.3 is 5.73 Å². The van der Waals surface area contributed by atoms with Gasteiger partial charge in [-0.15, -0.1) is 0 Å². The SMILES string of the molecule is CCc1nn(C)cc1-c1nc(C)c(F)c(N)n1. The quantitative estimate of drug-likeness (QED) is 0.855. The van der Waals surface area contributed by atoms with Crippen LogP contribution in [0.25, 0.3) is 11.4 Å². The van der Waals surface area contributed by atoms with E-state index in [2.05, 4.69) is 15.1 Å². The van der Waals surface area contributed by atoms with Crippen molar-refractivity contribution in [1.29, 1.82) is 0 Å². The molecule has 0 aliphatic carbocycles. The van der Waals surface area contributed by atoms with E-state index in [1.807, 2.05) is 20.2 Å². The monoisotopic (exact) mass is 235 g/mol. The van der Waals surface area contributed by atoms with Gasteiger partial charge in [0.2, 0.25) is 0 Å². The Balaban J connectivity index is 2.60. The molecule has 0 saturated carbocycles. The van der Waals surface area contributed by atoms with Crippen molar-refractivity contribution in [3.05, 3.63) is 23.4 Å². The molecule has 17 heavy (non-hydrogen) atoms. The fourth-order valence-electron chi connectivity index (χ4n) is 1.68. The van der Waals surface area contributed by atoms with Crippen LogP contribution < -0.4 is 5.73 Å². The normalized spacial score (nSPS) is 10.8. The molecule has 0 bridgehead atoms. The highest BCUT2D eigenvalue weighted by Gasteiger charge is 2.15. The number of nitrogens with two attached hydrogens (primary N) is 1. The van der Waals surface area contributed by atoms with Gasteiger partial charge in [-0.3, -0.25) is 4.68 Å². The second kappa shape index (κ2) is 4.12. The van der Waals surface area contributed by atoms with Gasteiger partial charge >= 0.3 is 0 Å². The van der Waals surface area contributed by atoms with E-state index in [4.69, 9.17) is 5.73 Å². The Bertz CT molecular complexity index is 538. The second-order valence-corrected chi connectivity index (χ2v) is 3.85. The summed E-state index contributed by atoms with van der Waals surface area (Å²) in [5.41, 5.74) is 7.42. The first kappa shape index (κ1) is 11.5. The first-order chi connectivity index (χ1) is 8.02. The number of hydrogen-bond acceptors (Lipinski definition) is 4. The molecule has 0 atom stereocenters. The van der Waals surface area contributed by atoms with E-state index in [-0.39, 0.29) is 11.5 Å². The lowest BCUT2D eigenvalue weighted by atomic mass is 10.2. The topological polar surface area (TPSA) is 69.6 Å². The average molecular weight is 235 g/mol. The zero-order valence-corrected chi connectivity index (χ0v) is 10.0. The predicted molar refractivity (Wildman–Crippen MR) is 62.7 cm³/mol. The Morgan fingerprint density at radius 1 is 1.41 bits per heavy atom. The van der Waals surface area contributed by atoms with Crippen LogP contribution in [0, 0.1) is 12.7 Å². The number of aromatic nitrogens is 4. The van der Waals surface area contributed by atoms with Crippen molar-refractivity contribution in [2.45, 2.75) is 20.3 Å². The molecule has 0 spiro atoms. The number of hydrogen-bond donors (Lipinski definition) is 1. The van der Waals surface area contributed by atoms with Gasteiger partial charge in [-0.2, -0.15) is 5.10 Å². The summed E-state index contributed by atoms with van der Waals surface area (Å²) in [5, 5.41) is 4.29. The van der Waals surface area contributed by atoms with Gasteiger partial charge in [-0.25, -0.2) is 14.4 Å². The van der Waals surface area contributed by atoms with E-state index >= 15 is 0 Å². The average Bonchev–Trinajstić information content (AvgIpc) is 2.66. The standard InChI is InChI=1S/C11H14FN5/c1-4-8-7(5-17(3)16-8)11-14-6(2)9(12)10(13)15-11/h5H,4H2,1-3H3,(H2,13,14,15). The summed E-state index contributed by atoms with van der Waals surface area (Å²) in [5.74, 6) is -0.263. The lowest BCUT2D eigenvalue weighted by molar-refractivity contribution is 0.608. The van der Waals surface area contributed by atoms with E-state index in [1.54, 1.807) is 11.6 Å². The lowest BCUT2D eigenvalue weighted by Gasteiger charge is -2.03. The Hall–Kier alpha value is -1.98. The minimum Gasteiger partial charge on any atom is -0.381 e. The minimum atomic E-state index is -0.560. The van der Waals surface area contributed by atoms with Crippen LogP contribution in [0.4, 0.5) is 10.2 Å². The van der Waals surface area contributed by atoms with Gasteiger partial charge in [0, 0.05) is 13.2 Å². The zero-order chi connectivity index (χ0) is 12.6. The molecule has 0 radical (unpaired) electrons. The number of nitrogens with zero attached hydrogens (tertiary/aromatic N) is 4. The van der Waals surface area contributed by atoms with Crippen LogP contribution in [0.15, 0.2) is 6.20 Å². The summed E-state index contributed by atoms with van der Waals surface area (Å²) in [7, 11) is 1.82. The molecule has 0 aromatic carbocycles. The highest BCUT2D eigenvalue weighted by molar-refractivity contribution is 5.59. The molecule has 0 amide bonds. The van der Waals surface area contributed by atoms with Crippen LogP contribution >= 0.6 is 0 Å². The molecule has 0 aliphatic rings. The third kappa shape index (κ3) is 1.98. The number of anilines is 1. The van der Waals surface area contributed by atoms with Gasteiger partial charge in [0.05, 0.1) is 17.0 Å². The van der Waals surface area contributed by atoms with E-state index in [0.717, 1.165) is 17.7 Å². The van der Waals surface area contributed by atoms with E-state index in [1.165, 1.54) is 0 Å². The number of rotatable bonds is 2. The van der Waals surface area contributed by atoms with Crippen molar-refractivity contribution >= 4 is 5.82 Å². The fourth-order valence-corrected chi connectivity index (χ4v) is 1.68. The molecule has 2 rings (SSSR count). The van der Waals surface area contributed by atoms with Crippen LogP contribution in [0.5, 0.6) is 0 Å². The van der Waals surface area contributed by atoms with Crippen molar-refractivity contribution in [1.82, 2.24) is 19.7 Å². The molecule has 2 heterocycles. The van der Waals surface area contributed by atoms with Crippen molar-refractivity contribution < 1.29 is 4.39 Å². The Morgan fingerprint density at radius 3 is 2.71 bits per heavy atom. The zero-order valence-electron chi connectivity index (χ0n) is 10.0. The van der Waals surface area contributed by atoms with Crippen LogP contribution in [-0.2, 0) is 13.5 Å². The van der Waals surface area contributed by atoms with E-state index < -0.39 is 5.82 Å². The first-order valence-electron chi connectivity index (χ1n) is 5.35. The first-order valence-corrected chi connectivity index (χ1v) is 5.35. The van der Waals surface area contributed by atoms with Gasteiger partial charge in [0.15, 0.2) is 17.5 Å². The summed E-state index contributed by atoms with van der Waals surface area (Å²) in [6, 6.07) is 0. The maximum Gasteiger partial charge on any atom is 0.186 e. The molecule has 0 aliphatic heterocycles. The molecule has 5 nitrogen and oxygen atoms in total. The van der Waals surface area contributed by atoms with E-state index in [9.17, 15) is 4.39 Å². The summed E-state index contributed by atoms with van der Waals surface area (Å²) >= 11 is 0. The van der Waals surface area contributed by atoms with Crippen LogP contribution in [-0.4, -0.2) is 19.7 Å². The molecule has 2 aromatic heterocycles.